The highest BCUT2D eigenvalue weighted by Crippen LogP contribution is 2.10. The Morgan fingerprint density at radius 3 is 2.47 bits per heavy atom. The average Bonchev–Trinajstić information content (AvgIpc) is 2.21. The third kappa shape index (κ3) is 4.98. The van der Waals surface area contributed by atoms with Crippen molar-refractivity contribution in [3.8, 4) is 0 Å². The number of carbonyl (C=O) groups excluding carboxylic acids is 1. The standard InChI is InChI=1S/C12H24N2O/c1-5-7-14(10(3)4)12(15)8-11(6-2)9-13/h5,10-11H,1,6-9,13H2,2-4H3. The fourth-order valence-corrected chi connectivity index (χ4v) is 1.50. The molecule has 1 atom stereocenters. The van der Waals surface area contributed by atoms with Crippen molar-refractivity contribution in [1.29, 1.82) is 0 Å². The maximum absolute atomic E-state index is 11.9. The van der Waals surface area contributed by atoms with Crippen LogP contribution in [-0.2, 0) is 4.79 Å². The normalized spacial score (nSPS) is 12.6. The van der Waals surface area contributed by atoms with Crippen LogP contribution in [0.1, 0.15) is 33.6 Å². The summed E-state index contributed by atoms with van der Waals surface area (Å²) in [6, 6.07) is 0.228. The highest BCUT2D eigenvalue weighted by atomic mass is 16.2. The van der Waals surface area contributed by atoms with Gasteiger partial charge >= 0.3 is 0 Å². The lowest BCUT2D eigenvalue weighted by Crippen LogP contribution is -2.38. The van der Waals surface area contributed by atoms with Crippen LogP contribution in [0.25, 0.3) is 0 Å². The minimum absolute atomic E-state index is 0.183. The van der Waals surface area contributed by atoms with E-state index in [0.29, 0.717) is 25.4 Å². The Kier molecular flexibility index (Phi) is 7.05. The fraction of sp³-hybridized carbons (Fsp3) is 0.750. The monoisotopic (exact) mass is 212 g/mol. The number of hydrogen-bond acceptors (Lipinski definition) is 2. The molecule has 15 heavy (non-hydrogen) atoms. The molecule has 0 aromatic rings. The molecule has 88 valence electrons. The number of carbonyl (C=O) groups is 1. The van der Waals surface area contributed by atoms with Gasteiger partial charge in [-0.3, -0.25) is 4.79 Å². The van der Waals surface area contributed by atoms with E-state index in [1.807, 2.05) is 18.7 Å². The van der Waals surface area contributed by atoms with E-state index in [-0.39, 0.29) is 11.9 Å². The van der Waals surface area contributed by atoms with Gasteiger partial charge in [0.2, 0.25) is 5.91 Å². The van der Waals surface area contributed by atoms with Crippen LogP contribution in [0.15, 0.2) is 12.7 Å². The van der Waals surface area contributed by atoms with Gasteiger partial charge in [0.15, 0.2) is 0 Å². The molecule has 2 N–H and O–H groups in total. The maximum atomic E-state index is 11.9. The van der Waals surface area contributed by atoms with E-state index >= 15 is 0 Å². The summed E-state index contributed by atoms with van der Waals surface area (Å²) >= 11 is 0. The van der Waals surface area contributed by atoms with Gasteiger partial charge in [-0.2, -0.15) is 0 Å². The van der Waals surface area contributed by atoms with Gasteiger partial charge in [-0.15, -0.1) is 6.58 Å². The first kappa shape index (κ1) is 14.2. The Morgan fingerprint density at radius 2 is 2.13 bits per heavy atom. The minimum atomic E-state index is 0.183. The molecule has 0 bridgehead atoms. The molecule has 0 saturated carbocycles. The predicted octanol–water partition coefficient (Wildman–Crippen LogP) is 1.78. The number of amides is 1. The van der Waals surface area contributed by atoms with Crippen molar-refractivity contribution in [1.82, 2.24) is 4.90 Å². The zero-order chi connectivity index (χ0) is 11.8. The van der Waals surface area contributed by atoms with Crippen molar-refractivity contribution in [2.45, 2.75) is 39.7 Å². The SMILES string of the molecule is C=CCN(C(=O)CC(CC)CN)C(C)C. The zero-order valence-corrected chi connectivity index (χ0v) is 10.2. The maximum Gasteiger partial charge on any atom is 0.223 e. The molecule has 0 rings (SSSR count). The molecule has 0 aliphatic carbocycles. The minimum Gasteiger partial charge on any atom is -0.337 e. The van der Waals surface area contributed by atoms with E-state index in [4.69, 9.17) is 5.73 Å². The van der Waals surface area contributed by atoms with Crippen molar-refractivity contribution in [3.63, 3.8) is 0 Å². The van der Waals surface area contributed by atoms with Gasteiger partial charge in [-0.05, 0) is 26.3 Å². The molecule has 3 heteroatoms. The van der Waals surface area contributed by atoms with E-state index < -0.39 is 0 Å². The summed E-state index contributed by atoms with van der Waals surface area (Å²) in [5, 5.41) is 0. The summed E-state index contributed by atoms with van der Waals surface area (Å²) in [6.45, 7) is 11.0. The zero-order valence-electron chi connectivity index (χ0n) is 10.2. The molecule has 1 amide bonds. The first-order valence-electron chi connectivity index (χ1n) is 5.67. The Balaban J connectivity index is 4.30. The van der Waals surface area contributed by atoms with Crippen LogP contribution in [0.3, 0.4) is 0 Å². The van der Waals surface area contributed by atoms with Crippen LogP contribution in [0, 0.1) is 5.92 Å². The molecule has 0 aromatic heterocycles. The third-order valence-corrected chi connectivity index (χ3v) is 2.64. The van der Waals surface area contributed by atoms with E-state index in [1.54, 1.807) is 6.08 Å². The second-order valence-corrected chi connectivity index (χ2v) is 4.14. The van der Waals surface area contributed by atoms with E-state index in [9.17, 15) is 4.79 Å². The topological polar surface area (TPSA) is 46.3 Å². The lowest BCUT2D eigenvalue weighted by atomic mass is 10.0. The van der Waals surface area contributed by atoms with Gasteiger partial charge in [0.05, 0.1) is 0 Å². The fourth-order valence-electron chi connectivity index (χ4n) is 1.50. The van der Waals surface area contributed by atoms with E-state index in [0.717, 1.165) is 6.42 Å². The summed E-state index contributed by atoms with van der Waals surface area (Å²) in [5.74, 6) is 0.491. The molecule has 0 fully saturated rings. The largest absolute Gasteiger partial charge is 0.337 e. The van der Waals surface area contributed by atoms with Crippen molar-refractivity contribution in [3.05, 3.63) is 12.7 Å². The van der Waals surface area contributed by atoms with Gasteiger partial charge in [0.25, 0.3) is 0 Å². The number of nitrogens with two attached hydrogens (primary N) is 1. The molecule has 3 nitrogen and oxygen atoms in total. The summed E-state index contributed by atoms with van der Waals surface area (Å²) in [7, 11) is 0. The third-order valence-electron chi connectivity index (χ3n) is 2.64. The van der Waals surface area contributed by atoms with Crippen molar-refractivity contribution in [2.75, 3.05) is 13.1 Å². The Hall–Kier alpha value is -0.830. The molecular weight excluding hydrogens is 188 g/mol. The van der Waals surface area contributed by atoms with Crippen molar-refractivity contribution >= 4 is 5.91 Å². The number of nitrogens with zero attached hydrogens (tertiary/aromatic N) is 1. The first-order valence-corrected chi connectivity index (χ1v) is 5.67. The number of rotatable bonds is 7. The molecular formula is C12H24N2O. The molecule has 0 heterocycles. The van der Waals surface area contributed by atoms with Gasteiger partial charge in [0.1, 0.15) is 0 Å². The Labute approximate surface area is 93.3 Å². The summed E-state index contributed by atoms with van der Waals surface area (Å²) < 4.78 is 0. The molecule has 0 aliphatic heterocycles. The lowest BCUT2D eigenvalue weighted by molar-refractivity contribution is -0.133. The molecule has 1 unspecified atom stereocenters. The second-order valence-electron chi connectivity index (χ2n) is 4.14. The van der Waals surface area contributed by atoms with Crippen LogP contribution < -0.4 is 5.73 Å². The second kappa shape index (κ2) is 7.46. The van der Waals surface area contributed by atoms with Gasteiger partial charge < -0.3 is 10.6 Å². The quantitative estimate of drug-likeness (QED) is 0.654. The highest BCUT2D eigenvalue weighted by Gasteiger charge is 2.18. The van der Waals surface area contributed by atoms with Gasteiger partial charge in [0, 0.05) is 19.0 Å². The van der Waals surface area contributed by atoms with Gasteiger partial charge in [-0.1, -0.05) is 19.4 Å². The molecule has 0 aromatic carbocycles. The van der Waals surface area contributed by atoms with Gasteiger partial charge in [-0.25, -0.2) is 0 Å². The van der Waals surface area contributed by atoms with E-state index in [1.165, 1.54) is 0 Å². The van der Waals surface area contributed by atoms with Crippen LogP contribution in [0.2, 0.25) is 0 Å². The molecule has 0 aliphatic rings. The molecule has 0 radical (unpaired) electrons. The number of hydrogen-bond donors (Lipinski definition) is 1. The van der Waals surface area contributed by atoms with E-state index in [2.05, 4.69) is 13.5 Å². The van der Waals surface area contributed by atoms with Crippen molar-refractivity contribution < 1.29 is 4.79 Å². The Bertz CT molecular complexity index is 198. The predicted molar refractivity (Wildman–Crippen MR) is 64.5 cm³/mol. The lowest BCUT2D eigenvalue weighted by Gasteiger charge is -2.27. The summed E-state index contributed by atoms with van der Waals surface area (Å²) in [4.78, 5) is 13.8. The first-order chi connectivity index (χ1) is 7.06. The molecule has 0 spiro atoms. The Morgan fingerprint density at radius 1 is 1.53 bits per heavy atom. The van der Waals surface area contributed by atoms with Crippen LogP contribution >= 0.6 is 0 Å². The average molecular weight is 212 g/mol. The van der Waals surface area contributed by atoms with Crippen LogP contribution in [0.4, 0.5) is 0 Å². The smallest absolute Gasteiger partial charge is 0.223 e. The van der Waals surface area contributed by atoms with Crippen LogP contribution in [-0.4, -0.2) is 29.9 Å². The van der Waals surface area contributed by atoms with Crippen molar-refractivity contribution in [2.24, 2.45) is 11.7 Å². The van der Waals surface area contributed by atoms with Crippen LogP contribution in [0.5, 0.6) is 0 Å². The summed E-state index contributed by atoms with van der Waals surface area (Å²) in [6.07, 6.45) is 3.28. The molecule has 0 saturated heterocycles. The highest BCUT2D eigenvalue weighted by molar-refractivity contribution is 5.76. The summed E-state index contributed by atoms with van der Waals surface area (Å²) in [5.41, 5.74) is 5.59.